The Morgan fingerprint density at radius 1 is 1.05 bits per heavy atom. The number of ether oxygens (including phenoxy) is 1. The van der Waals surface area contributed by atoms with Crippen LogP contribution in [0.15, 0.2) is 42.5 Å². The van der Waals surface area contributed by atoms with Gasteiger partial charge in [-0.3, -0.25) is 9.59 Å². The maximum absolute atomic E-state index is 12.0. The van der Waals surface area contributed by atoms with Gasteiger partial charge in [0.05, 0.1) is 5.56 Å². The van der Waals surface area contributed by atoms with Gasteiger partial charge < -0.3 is 15.8 Å². The number of nitrogens with one attached hydrogen (secondary N) is 1. The number of anilines is 1. The number of rotatable bonds is 5. The molecule has 2 aromatic rings. The largest absolute Gasteiger partial charge is 0.483 e. The van der Waals surface area contributed by atoms with Crippen LogP contribution in [0.2, 0.25) is 0 Å². The van der Waals surface area contributed by atoms with Crippen molar-refractivity contribution in [2.45, 2.75) is 13.8 Å². The highest BCUT2D eigenvalue weighted by molar-refractivity contribution is 5.96. The van der Waals surface area contributed by atoms with Crippen molar-refractivity contribution in [3.63, 3.8) is 0 Å². The predicted molar refractivity (Wildman–Crippen MR) is 85.0 cm³/mol. The second-order valence-electron chi connectivity index (χ2n) is 4.96. The fraction of sp³-hybridized carbons (Fsp3) is 0.176. The lowest BCUT2D eigenvalue weighted by atomic mass is 10.1. The third-order valence-corrected chi connectivity index (χ3v) is 3.26. The fourth-order valence-electron chi connectivity index (χ4n) is 2.13. The number of carbonyl (C=O) groups is 2. The van der Waals surface area contributed by atoms with Gasteiger partial charge in [-0.15, -0.1) is 0 Å². The molecule has 5 heteroatoms. The first-order valence-electron chi connectivity index (χ1n) is 6.86. The molecule has 0 unspecified atom stereocenters. The van der Waals surface area contributed by atoms with E-state index in [1.165, 1.54) is 0 Å². The van der Waals surface area contributed by atoms with Gasteiger partial charge in [0.25, 0.3) is 11.8 Å². The third-order valence-electron chi connectivity index (χ3n) is 3.26. The summed E-state index contributed by atoms with van der Waals surface area (Å²) in [6.07, 6.45) is 0. The van der Waals surface area contributed by atoms with Crippen molar-refractivity contribution < 1.29 is 14.3 Å². The zero-order valence-corrected chi connectivity index (χ0v) is 12.6. The van der Waals surface area contributed by atoms with Crippen molar-refractivity contribution in [2.24, 2.45) is 5.73 Å². The zero-order valence-electron chi connectivity index (χ0n) is 12.6. The van der Waals surface area contributed by atoms with Crippen molar-refractivity contribution >= 4 is 17.5 Å². The summed E-state index contributed by atoms with van der Waals surface area (Å²) in [4.78, 5) is 23.3. The summed E-state index contributed by atoms with van der Waals surface area (Å²) >= 11 is 0. The lowest BCUT2D eigenvalue weighted by Crippen LogP contribution is -2.22. The monoisotopic (exact) mass is 298 g/mol. The molecule has 5 nitrogen and oxygen atoms in total. The van der Waals surface area contributed by atoms with Crippen LogP contribution in [0.1, 0.15) is 21.5 Å². The van der Waals surface area contributed by atoms with E-state index in [2.05, 4.69) is 5.32 Å². The standard InChI is InChI=1S/C17H18N2O3/c1-11-6-5-7-12(2)16(11)19-15(20)10-22-14-9-4-3-8-13(14)17(18)21/h3-9H,10H2,1-2H3,(H2,18,21)(H,19,20). The maximum Gasteiger partial charge on any atom is 0.262 e. The topological polar surface area (TPSA) is 81.4 Å². The van der Waals surface area contributed by atoms with E-state index in [0.717, 1.165) is 16.8 Å². The Balaban J connectivity index is 2.04. The number of para-hydroxylation sites is 2. The summed E-state index contributed by atoms with van der Waals surface area (Å²) in [5.74, 6) is -0.589. The summed E-state index contributed by atoms with van der Waals surface area (Å²) < 4.78 is 5.40. The summed E-state index contributed by atoms with van der Waals surface area (Å²) in [6.45, 7) is 3.65. The summed E-state index contributed by atoms with van der Waals surface area (Å²) in [5, 5.41) is 2.82. The minimum atomic E-state index is -0.592. The number of carbonyl (C=O) groups excluding carboxylic acids is 2. The van der Waals surface area contributed by atoms with Crippen molar-refractivity contribution in [3.05, 3.63) is 59.2 Å². The minimum absolute atomic E-state index is 0.196. The molecule has 0 saturated heterocycles. The third kappa shape index (κ3) is 3.63. The maximum atomic E-state index is 12.0. The quantitative estimate of drug-likeness (QED) is 0.889. The Labute approximate surface area is 129 Å². The number of primary amides is 1. The zero-order chi connectivity index (χ0) is 16.1. The number of benzene rings is 2. The van der Waals surface area contributed by atoms with Crippen LogP contribution < -0.4 is 15.8 Å². The highest BCUT2D eigenvalue weighted by Crippen LogP contribution is 2.20. The van der Waals surface area contributed by atoms with Gasteiger partial charge in [-0.1, -0.05) is 30.3 Å². The smallest absolute Gasteiger partial charge is 0.262 e. The van der Waals surface area contributed by atoms with E-state index in [4.69, 9.17) is 10.5 Å². The van der Waals surface area contributed by atoms with E-state index >= 15 is 0 Å². The van der Waals surface area contributed by atoms with E-state index in [1.807, 2.05) is 32.0 Å². The Kier molecular flexibility index (Phi) is 4.78. The molecule has 0 spiro atoms. The van der Waals surface area contributed by atoms with Gasteiger partial charge in [0.15, 0.2) is 6.61 Å². The minimum Gasteiger partial charge on any atom is -0.483 e. The Hall–Kier alpha value is -2.82. The molecule has 0 aliphatic heterocycles. The fourth-order valence-corrected chi connectivity index (χ4v) is 2.13. The molecule has 0 fully saturated rings. The van der Waals surface area contributed by atoms with Crippen LogP contribution in [0.3, 0.4) is 0 Å². The van der Waals surface area contributed by atoms with Crippen molar-refractivity contribution in [1.82, 2.24) is 0 Å². The number of hydrogen-bond donors (Lipinski definition) is 2. The van der Waals surface area contributed by atoms with Gasteiger partial charge in [0.2, 0.25) is 0 Å². The normalized spacial score (nSPS) is 10.1. The van der Waals surface area contributed by atoms with Gasteiger partial charge in [0, 0.05) is 5.69 Å². The van der Waals surface area contributed by atoms with Crippen LogP contribution in [0, 0.1) is 13.8 Å². The second kappa shape index (κ2) is 6.76. The van der Waals surface area contributed by atoms with Gasteiger partial charge in [-0.05, 0) is 37.1 Å². The molecule has 0 atom stereocenters. The second-order valence-corrected chi connectivity index (χ2v) is 4.96. The molecular weight excluding hydrogens is 280 g/mol. The number of amides is 2. The van der Waals surface area contributed by atoms with Gasteiger partial charge in [0.1, 0.15) is 5.75 Å². The molecule has 0 aliphatic rings. The Morgan fingerprint density at radius 3 is 2.32 bits per heavy atom. The number of hydrogen-bond acceptors (Lipinski definition) is 3. The van der Waals surface area contributed by atoms with Crippen LogP contribution in [-0.2, 0) is 4.79 Å². The van der Waals surface area contributed by atoms with E-state index in [0.29, 0.717) is 5.75 Å². The van der Waals surface area contributed by atoms with Crippen LogP contribution in [0.25, 0.3) is 0 Å². The van der Waals surface area contributed by atoms with Crippen molar-refractivity contribution in [1.29, 1.82) is 0 Å². The molecule has 0 heterocycles. The molecule has 22 heavy (non-hydrogen) atoms. The molecule has 2 aromatic carbocycles. The number of aryl methyl sites for hydroxylation is 2. The van der Waals surface area contributed by atoms with Gasteiger partial charge in [-0.25, -0.2) is 0 Å². The predicted octanol–water partition coefficient (Wildman–Crippen LogP) is 2.42. The van der Waals surface area contributed by atoms with E-state index in [-0.39, 0.29) is 18.1 Å². The molecule has 2 amide bonds. The lowest BCUT2D eigenvalue weighted by molar-refractivity contribution is -0.118. The molecule has 0 aliphatic carbocycles. The van der Waals surface area contributed by atoms with Crippen LogP contribution >= 0.6 is 0 Å². The van der Waals surface area contributed by atoms with Crippen LogP contribution in [-0.4, -0.2) is 18.4 Å². The highest BCUT2D eigenvalue weighted by atomic mass is 16.5. The molecule has 0 radical (unpaired) electrons. The molecule has 0 saturated carbocycles. The SMILES string of the molecule is Cc1cccc(C)c1NC(=O)COc1ccccc1C(N)=O. The Morgan fingerprint density at radius 2 is 1.68 bits per heavy atom. The average molecular weight is 298 g/mol. The number of nitrogens with two attached hydrogens (primary N) is 1. The van der Waals surface area contributed by atoms with E-state index in [1.54, 1.807) is 24.3 Å². The van der Waals surface area contributed by atoms with Crippen LogP contribution in [0.5, 0.6) is 5.75 Å². The summed E-state index contributed by atoms with van der Waals surface area (Å²) in [6, 6.07) is 12.3. The molecule has 3 N–H and O–H groups in total. The first kappa shape index (κ1) is 15.6. The lowest BCUT2D eigenvalue weighted by Gasteiger charge is -2.13. The summed E-state index contributed by atoms with van der Waals surface area (Å²) in [7, 11) is 0. The van der Waals surface area contributed by atoms with E-state index in [9.17, 15) is 9.59 Å². The van der Waals surface area contributed by atoms with E-state index < -0.39 is 5.91 Å². The first-order valence-corrected chi connectivity index (χ1v) is 6.86. The molecule has 0 aromatic heterocycles. The van der Waals surface area contributed by atoms with Gasteiger partial charge in [-0.2, -0.15) is 0 Å². The molecule has 2 rings (SSSR count). The van der Waals surface area contributed by atoms with Crippen molar-refractivity contribution in [3.8, 4) is 5.75 Å². The van der Waals surface area contributed by atoms with Crippen LogP contribution in [0.4, 0.5) is 5.69 Å². The van der Waals surface area contributed by atoms with Gasteiger partial charge >= 0.3 is 0 Å². The highest BCUT2D eigenvalue weighted by Gasteiger charge is 2.11. The average Bonchev–Trinajstić information content (AvgIpc) is 2.49. The first-order chi connectivity index (χ1) is 10.5. The molecule has 0 bridgehead atoms. The summed E-state index contributed by atoms with van der Waals surface area (Å²) in [5.41, 5.74) is 8.25. The Bertz CT molecular complexity index is 691. The van der Waals surface area contributed by atoms with Crippen molar-refractivity contribution in [2.75, 3.05) is 11.9 Å². The molecular formula is C17H18N2O3. The molecule has 114 valence electrons.